The molecule has 0 aliphatic rings. The maximum atomic E-state index is 12.1. The van der Waals surface area contributed by atoms with Crippen LogP contribution in [0, 0.1) is 0 Å². The van der Waals surface area contributed by atoms with Crippen molar-refractivity contribution in [3.63, 3.8) is 0 Å². The second-order valence-corrected chi connectivity index (χ2v) is 6.79. The number of nitrogens with zero attached hydrogens (tertiary/aromatic N) is 1. The van der Waals surface area contributed by atoms with Crippen molar-refractivity contribution in [2.24, 2.45) is 5.73 Å². The Hall–Kier alpha value is -1.09. The first kappa shape index (κ1) is 16.0. The highest BCUT2D eigenvalue weighted by Crippen LogP contribution is 2.13. The van der Waals surface area contributed by atoms with E-state index in [1.807, 2.05) is 0 Å². The number of nitrogens with one attached hydrogen (secondary N) is 1. The highest BCUT2D eigenvalue weighted by Gasteiger charge is 2.26. The first-order valence-electron chi connectivity index (χ1n) is 5.47. The molecule has 0 aliphatic carbocycles. The van der Waals surface area contributed by atoms with Gasteiger partial charge in [0.15, 0.2) is 0 Å². The minimum Gasteiger partial charge on any atom is -0.388 e. The molecule has 19 heavy (non-hydrogen) atoms. The summed E-state index contributed by atoms with van der Waals surface area (Å²) in [6.45, 7) is 3.71. The van der Waals surface area contributed by atoms with Crippen LogP contribution in [0.15, 0.2) is 23.2 Å². The van der Waals surface area contributed by atoms with Gasteiger partial charge in [-0.2, -0.15) is 0 Å². The summed E-state index contributed by atoms with van der Waals surface area (Å²) in [6, 6.07) is 2.88. The fraction of sp³-hybridized carbons (Fsp3) is 0.455. The lowest BCUT2D eigenvalue weighted by atomic mass is 10.1. The van der Waals surface area contributed by atoms with E-state index in [0.717, 1.165) is 0 Å². The zero-order valence-electron chi connectivity index (χ0n) is 11.0. The van der Waals surface area contributed by atoms with Crippen molar-refractivity contribution in [2.75, 3.05) is 13.7 Å². The summed E-state index contributed by atoms with van der Waals surface area (Å²) in [5.41, 5.74) is 5.07. The van der Waals surface area contributed by atoms with Crippen LogP contribution >= 0.6 is 12.2 Å². The largest absolute Gasteiger partial charge is 0.388 e. The van der Waals surface area contributed by atoms with E-state index >= 15 is 0 Å². The minimum atomic E-state index is -3.66. The third-order valence-corrected chi connectivity index (χ3v) is 4.11. The fourth-order valence-corrected chi connectivity index (χ4v) is 2.96. The summed E-state index contributed by atoms with van der Waals surface area (Å²) in [5, 5.41) is 0. The minimum absolute atomic E-state index is 0.0525. The second kappa shape index (κ2) is 5.91. The van der Waals surface area contributed by atoms with Crippen LogP contribution in [-0.4, -0.2) is 37.6 Å². The molecule has 0 amide bonds. The van der Waals surface area contributed by atoms with E-state index in [4.69, 9.17) is 22.7 Å². The van der Waals surface area contributed by atoms with E-state index in [-0.39, 0.29) is 16.5 Å². The van der Waals surface area contributed by atoms with Crippen LogP contribution < -0.4 is 10.5 Å². The lowest BCUT2D eigenvalue weighted by Crippen LogP contribution is -2.46. The van der Waals surface area contributed by atoms with Crippen LogP contribution in [0.4, 0.5) is 0 Å². The third kappa shape index (κ3) is 4.50. The Labute approximate surface area is 118 Å². The highest BCUT2D eigenvalue weighted by atomic mass is 32.2. The molecule has 8 heteroatoms. The number of sulfonamides is 1. The third-order valence-electron chi connectivity index (χ3n) is 2.21. The van der Waals surface area contributed by atoms with Crippen molar-refractivity contribution in [1.29, 1.82) is 0 Å². The molecule has 0 unspecified atom stereocenters. The highest BCUT2D eigenvalue weighted by molar-refractivity contribution is 7.89. The number of rotatable bonds is 6. The SMILES string of the molecule is COCC(C)(C)NS(=O)(=O)c1ccc(C(N)=S)nc1. The zero-order valence-corrected chi connectivity index (χ0v) is 12.6. The summed E-state index contributed by atoms with van der Waals surface area (Å²) in [6.07, 6.45) is 1.22. The molecule has 1 aromatic heterocycles. The average Bonchev–Trinajstić information content (AvgIpc) is 2.27. The summed E-state index contributed by atoms with van der Waals surface area (Å²) < 4.78 is 31.8. The number of hydrogen-bond acceptors (Lipinski definition) is 5. The van der Waals surface area contributed by atoms with Crippen molar-refractivity contribution in [3.8, 4) is 0 Å². The number of methoxy groups -OCH3 is 1. The van der Waals surface area contributed by atoms with Gasteiger partial charge < -0.3 is 10.5 Å². The van der Waals surface area contributed by atoms with Crippen LogP contribution in [0.2, 0.25) is 0 Å². The van der Waals surface area contributed by atoms with E-state index < -0.39 is 15.6 Å². The molecule has 106 valence electrons. The van der Waals surface area contributed by atoms with Gasteiger partial charge in [0.1, 0.15) is 9.88 Å². The van der Waals surface area contributed by atoms with Crippen molar-refractivity contribution >= 4 is 27.2 Å². The van der Waals surface area contributed by atoms with Gasteiger partial charge in [-0.25, -0.2) is 13.1 Å². The molecule has 0 bridgehead atoms. The number of thiocarbonyl (C=S) groups is 1. The van der Waals surface area contributed by atoms with Gasteiger partial charge in [-0.05, 0) is 26.0 Å². The zero-order chi connectivity index (χ0) is 14.7. The Bertz CT molecular complexity index is 553. The quantitative estimate of drug-likeness (QED) is 0.740. The first-order chi connectivity index (χ1) is 8.68. The maximum Gasteiger partial charge on any atom is 0.242 e. The molecule has 0 saturated heterocycles. The van der Waals surface area contributed by atoms with Crippen molar-refractivity contribution < 1.29 is 13.2 Å². The smallest absolute Gasteiger partial charge is 0.242 e. The Kier molecular flexibility index (Phi) is 4.97. The summed E-state index contributed by atoms with van der Waals surface area (Å²) in [5.74, 6) is 0. The molecule has 1 aromatic rings. The number of nitrogens with two attached hydrogens (primary N) is 1. The lowest BCUT2D eigenvalue weighted by molar-refractivity contribution is 0.141. The molecule has 0 spiro atoms. The standard InChI is InChI=1S/C11H17N3O3S2/c1-11(2,7-17-3)14-19(15,16)8-4-5-9(10(12)18)13-6-8/h4-6,14H,7H2,1-3H3,(H2,12,18). The van der Waals surface area contributed by atoms with Gasteiger partial charge in [-0.1, -0.05) is 12.2 Å². The topological polar surface area (TPSA) is 94.3 Å². The number of hydrogen-bond donors (Lipinski definition) is 2. The molecular formula is C11H17N3O3S2. The Morgan fingerprint density at radius 3 is 2.58 bits per heavy atom. The molecule has 3 N–H and O–H groups in total. The molecule has 0 radical (unpaired) electrons. The summed E-state index contributed by atoms with van der Waals surface area (Å²) >= 11 is 4.75. The molecule has 6 nitrogen and oxygen atoms in total. The van der Waals surface area contributed by atoms with Gasteiger partial charge in [0.05, 0.1) is 17.8 Å². The predicted molar refractivity (Wildman–Crippen MR) is 76.4 cm³/mol. The molecule has 0 aromatic carbocycles. The van der Waals surface area contributed by atoms with Crippen LogP contribution in [0.1, 0.15) is 19.5 Å². The van der Waals surface area contributed by atoms with Crippen LogP contribution in [0.25, 0.3) is 0 Å². The van der Waals surface area contributed by atoms with Crippen LogP contribution in [0.3, 0.4) is 0 Å². The molecule has 1 rings (SSSR count). The number of pyridine rings is 1. The van der Waals surface area contributed by atoms with Gasteiger partial charge in [0.2, 0.25) is 10.0 Å². The summed E-state index contributed by atoms with van der Waals surface area (Å²) in [4.78, 5) is 4.08. The normalized spacial score (nSPS) is 12.4. The van der Waals surface area contributed by atoms with Gasteiger partial charge >= 0.3 is 0 Å². The van der Waals surface area contributed by atoms with E-state index in [0.29, 0.717) is 5.69 Å². The predicted octanol–water partition coefficient (Wildman–Crippen LogP) is 0.419. The summed E-state index contributed by atoms with van der Waals surface area (Å²) in [7, 11) is -2.15. The van der Waals surface area contributed by atoms with Gasteiger partial charge in [0, 0.05) is 13.3 Å². The monoisotopic (exact) mass is 303 g/mol. The average molecular weight is 303 g/mol. The van der Waals surface area contributed by atoms with Gasteiger partial charge in [0.25, 0.3) is 0 Å². The molecule has 0 fully saturated rings. The second-order valence-electron chi connectivity index (χ2n) is 4.67. The molecule has 0 atom stereocenters. The van der Waals surface area contributed by atoms with Crippen molar-refractivity contribution in [2.45, 2.75) is 24.3 Å². The molecule has 0 aliphatic heterocycles. The molecular weight excluding hydrogens is 286 g/mol. The number of aromatic nitrogens is 1. The van der Waals surface area contributed by atoms with Crippen LogP contribution in [-0.2, 0) is 14.8 Å². The van der Waals surface area contributed by atoms with Crippen molar-refractivity contribution in [3.05, 3.63) is 24.0 Å². The van der Waals surface area contributed by atoms with E-state index in [2.05, 4.69) is 9.71 Å². The Balaban J connectivity index is 2.98. The Morgan fingerprint density at radius 1 is 1.53 bits per heavy atom. The molecule has 1 heterocycles. The van der Waals surface area contributed by atoms with Crippen LogP contribution in [0.5, 0.6) is 0 Å². The van der Waals surface area contributed by atoms with E-state index in [9.17, 15) is 8.42 Å². The fourth-order valence-electron chi connectivity index (χ4n) is 1.50. The van der Waals surface area contributed by atoms with E-state index in [1.54, 1.807) is 13.8 Å². The van der Waals surface area contributed by atoms with Gasteiger partial charge in [-0.3, -0.25) is 4.98 Å². The first-order valence-corrected chi connectivity index (χ1v) is 7.36. The van der Waals surface area contributed by atoms with Crippen molar-refractivity contribution in [1.82, 2.24) is 9.71 Å². The van der Waals surface area contributed by atoms with Gasteiger partial charge in [-0.15, -0.1) is 0 Å². The molecule has 0 saturated carbocycles. The lowest BCUT2D eigenvalue weighted by Gasteiger charge is -2.24. The maximum absolute atomic E-state index is 12.1. The Morgan fingerprint density at radius 2 is 2.16 bits per heavy atom. The number of ether oxygens (including phenoxy) is 1. The van der Waals surface area contributed by atoms with E-state index in [1.165, 1.54) is 25.4 Å².